The number of rotatable bonds is 9. The first-order chi connectivity index (χ1) is 33.3. The third-order valence-corrected chi connectivity index (χ3v) is 13.7. The Hall–Kier alpha value is -6.68. The molecule has 0 spiro atoms. The van der Waals surface area contributed by atoms with Crippen molar-refractivity contribution in [2.24, 2.45) is 10.8 Å². The van der Waals surface area contributed by atoms with Crippen LogP contribution in [0.5, 0.6) is 11.5 Å². The maximum Gasteiger partial charge on any atom is 0.135 e. The van der Waals surface area contributed by atoms with Gasteiger partial charge in [0.15, 0.2) is 0 Å². The van der Waals surface area contributed by atoms with Crippen LogP contribution in [-0.4, -0.2) is 9.55 Å². The molecule has 0 unspecified atom stereocenters. The van der Waals surface area contributed by atoms with Crippen LogP contribution in [0.15, 0.2) is 187 Å². The Balaban J connectivity index is 0.00000624. The Kier molecular flexibility index (Phi) is 13.1. The van der Waals surface area contributed by atoms with Gasteiger partial charge in [0.2, 0.25) is 0 Å². The van der Waals surface area contributed by atoms with Crippen LogP contribution in [0.3, 0.4) is 0 Å². The average molecular weight is 1110 g/mol. The second-order valence-electron chi connectivity index (χ2n) is 22.4. The van der Waals surface area contributed by atoms with Gasteiger partial charge < -0.3 is 19.1 Å². The predicted molar refractivity (Wildman–Crippen MR) is 293 cm³/mol. The zero-order valence-corrected chi connectivity index (χ0v) is 45.1. The van der Waals surface area contributed by atoms with Gasteiger partial charge in [-0.15, -0.1) is 53.6 Å². The number of aromatic nitrogens is 2. The van der Waals surface area contributed by atoms with Crippen LogP contribution in [-0.2, 0) is 31.9 Å². The number of fused-ring (bicyclic) bond motifs is 3. The molecule has 0 aliphatic carbocycles. The Morgan fingerprint density at radius 1 is 0.465 bits per heavy atom. The van der Waals surface area contributed by atoms with E-state index in [1.807, 2.05) is 12.3 Å². The first kappa shape index (κ1) is 49.3. The van der Waals surface area contributed by atoms with Crippen molar-refractivity contribution in [3.05, 3.63) is 223 Å². The molecule has 7 aromatic carbocycles. The van der Waals surface area contributed by atoms with Crippen molar-refractivity contribution in [1.82, 2.24) is 9.55 Å². The molecule has 9 aromatic rings. The minimum absolute atomic E-state index is 0. The van der Waals surface area contributed by atoms with E-state index in [4.69, 9.17) is 9.72 Å². The fourth-order valence-corrected chi connectivity index (χ4v) is 10.0. The maximum absolute atomic E-state index is 7.01. The minimum Gasteiger partial charge on any atom is -0.509 e. The van der Waals surface area contributed by atoms with E-state index >= 15 is 0 Å². The molecule has 362 valence electrons. The van der Waals surface area contributed by atoms with Gasteiger partial charge in [-0.2, -0.15) is 6.07 Å². The monoisotopic (exact) mass is 1110 g/mol. The Labute approximate surface area is 436 Å². The molecule has 1 aliphatic rings. The van der Waals surface area contributed by atoms with Crippen molar-refractivity contribution in [2.75, 3.05) is 9.80 Å². The first-order valence-corrected chi connectivity index (χ1v) is 24.5. The molecule has 2 aromatic heterocycles. The number of anilines is 2. The summed E-state index contributed by atoms with van der Waals surface area (Å²) < 4.78 is 9.24. The molecule has 71 heavy (non-hydrogen) atoms. The van der Waals surface area contributed by atoms with Gasteiger partial charge >= 0.3 is 0 Å². The third-order valence-electron chi connectivity index (χ3n) is 13.7. The van der Waals surface area contributed by atoms with Gasteiger partial charge in [0, 0.05) is 77.6 Å². The number of benzene rings is 7. The fourth-order valence-electron chi connectivity index (χ4n) is 10.0. The van der Waals surface area contributed by atoms with Crippen molar-refractivity contribution in [2.45, 2.75) is 87.0 Å². The predicted octanol–water partition coefficient (Wildman–Crippen LogP) is 17.3. The topological polar surface area (TPSA) is 33.5 Å². The van der Waals surface area contributed by atoms with E-state index in [9.17, 15) is 0 Å². The van der Waals surface area contributed by atoms with E-state index < -0.39 is 0 Å². The van der Waals surface area contributed by atoms with E-state index in [1.165, 1.54) is 33.6 Å². The van der Waals surface area contributed by atoms with Crippen LogP contribution in [0, 0.1) is 29.6 Å². The van der Waals surface area contributed by atoms with Crippen molar-refractivity contribution < 1.29 is 25.8 Å². The second kappa shape index (κ2) is 18.8. The summed E-state index contributed by atoms with van der Waals surface area (Å²) in [5.41, 5.74) is 13.8. The van der Waals surface area contributed by atoms with Crippen LogP contribution < -0.4 is 14.5 Å². The summed E-state index contributed by atoms with van der Waals surface area (Å²) in [4.78, 5) is 9.73. The zero-order valence-electron chi connectivity index (χ0n) is 42.8. The van der Waals surface area contributed by atoms with E-state index in [0.29, 0.717) is 11.5 Å². The number of nitrogens with zero attached hydrogens (tertiary/aromatic N) is 4. The molecule has 0 fully saturated rings. The molecular weight excluding hydrogens is 1050 g/mol. The van der Waals surface area contributed by atoms with Crippen molar-refractivity contribution >= 4 is 33.2 Å². The van der Waals surface area contributed by atoms with Crippen LogP contribution in [0.4, 0.5) is 11.4 Å². The van der Waals surface area contributed by atoms with Crippen molar-refractivity contribution in [1.29, 1.82) is 0 Å². The number of hydrogen-bond donors (Lipinski definition) is 0. The van der Waals surface area contributed by atoms with Gasteiger partial charge in [-0.3, -0.25) is 0 Å². The summed E-state index contributed by atoms with van der Waals surface area (Å²) in [5, 5.41) is 2.20. The summed E-state index contributed by atoms with van der Waals surface area (Å²) in [5.74, 6) is 2.02. The molecular formula is C65H63N4OPt-3. The normalized spacial score (nSPS) is 13.6. The minimum atomic E-state index is -0.253. The molecule has 1 aliphatic heterocycles. The number of pyridine rings is 1. The number of ether oxygens (including phenoxy) is 1. The molecule has 10 rings (SSSR count). The Morgan fingerprint density at radius 3 is 1.73 bits per heavy atom. The van der Waals surface area contributed by atoms with E-state index in [0.717, 1.165) is 55.7 Å². The van der Waals surface area contributed by atoms with E-state index in [-0.39, 0.29) is 42.7 Å². The molecule has 0 atom stereocenters. The molecule has 0 saturated heterocycles. The summed E-state index contributed by atoms with van der Waals surface area (Å²) in [6, 6.07) is 68.1. The van der Waals surface area contributed by atoms with Crippen LogP contribution in [0.1, 0.15) is 92.9 Å². The molecule has 3 heterocycles. The van der Waals surface area contributed by atoms with Gasteiger partial charge in [0.05, 0.1) is 0 Å². The smallest absolute Gasteiger partial charge is 0.135 e. The van der Waals surface area contributed by atoms with Gasteiger partial charge in [-0.1, -0.05) is 197 Å². The summed E-state index contributed by atoms with van der Waals surface area (Å²) in [6.45, 7) is 27.5. The largest absolute Gasteiger partial charge is 0.509 e. The van der Waals surface area contributed by atoms with Crippen LogP contribution in [0.25, 0.3) is 49.9 Å². The van der Waals surface area contributed by atoms with Gasteiger partial charge in [-0.25, -0.2) is 4.98 Å². The first-order valence-electron chi connectivity index (χ1n) is 24.5. The zero-order chi connectivity index (χ0) is 49.2. The summed E-state index contributed by atoms with van der Waals surface area (Å²) in [6.07, 6.45) is 1.92. The Morgan fingerprint density at radius 2 is 1.08 bits per heavy atom. The quantitative estimate of drug-likeness (QED) is 0.135. The van der Waals surface area contributed by atoms with E-state index in [1.54, 1.807) is 0 Å². The molecule has 0 saturated carbocycles. The standard InChI is InChI=1S/C65H63N4O.Pt/c1-62(2,3)49-34-35-66-59(40-49)69-57-33-30-46(44-22-15-12-16-23-44)38-56(57)55-32-31-53(42-58(55)69)70-54-37-47(45-24-17-13-18-25-45)36-52(41-54)68-43-67(60(63(4,5)6)61(68)64(7,8)9)51-29-21-28-50(39-51)65(10,11)48-26-19-14-20-27-48;/h12-40,43H,1-11H3;/q-3;. The van der Waals surface area contributed by atoms with Crippen LogP contribution in [0.2, 0.25) is 0 Å². The fraction of sp³-hybridized carbons (Fsp3) is 0.231. The summed E-state index contributed by atoms with van der Waals surface area (Å²) in [7, 11) is 0. The van der Waals surface area contributed by atoms with Crippen molar-refractivity contribution in [3.8, 4) is 39.6 Å². The van der Waals surface area contributed by atoms with Gasteiger partial charge in [0.25, 0.3) is 0 Å². The van der Waals surface area contributed by atoms with Crippen LogP contribution >= 0.6 is 0 Å². The molecule has 5 nitrogen and oxygen atoms in total. The van der Waals surface area contributed by atoms with E-state index in [2.05, 4.69) is 273 Å². The van der Waals surface area contributed by atoms with Crippen molar-refractivity contribution in [3.63, 3.8) is 0 Å². The number of allylic oxidation sites excluding steroid dienone is 2. The molecule has 6 heteroatoms. The number of hydrogen-bond acceptors (Lipinski definition) is 4. The molecule has 0 N–H and O–H groups in total. The summed E-state index contributed by atoms with van der Waals surface area (Å²) >= 11 is 0. The SMILES string of the molecule is CC(C)(C)C1=C(C(C)(C)C)N(c2cccc(C(C)(C)c3ccccc3)c2)[CH-]N1c1[c-]c(Oc2[c-]c3c(cc2)c2cc(-c4ccccc4)ccc2n3-c2cc(C(C)(C)C)ccn2)cc(-c2ccccc2)c1.[Pt]. The molecule has 0 bridgehead atoms. The maximum atomic E-state index is 7.01. The average Bonchev–Trinajstić information content (AvgIpc) is 3.93. The molecule has 0 radical (unpaired) electrons. The molecule has 0 amide bonds. The third kappa shape index (κ3) is 9.62. The van der Waals surface area contributed by atoms with Gasteiger partial charge in [0.1, 0.15) is 5.82 Å². The Bertz CT molecular complexity index is 3410. The second-order valence-corrected chi connectivity index (χ2v) is 22.4. The van der Waals surface area contributed by atoms with Gasteiger partial charge in [-0.05, 0) is 74.5 Å².